The van der Waals surface area contributed by atoms with Crippen LogP contribution in [0.25, 0.3) is 0 Å². The standard InChI is InChI=1S/C14H22N2/c1-11-5-7-13(8-6-11)12(2)16-9-3-4-14(15)10-16/h5-8,12,14H,3-4,9-10,15H2,1-2H3. The lowest BCUT2D eigenvalue weighted by molar-refractivity contribution is 0.159. The van der Waals surface area contributed by atoms with Gasteiger partial charge in [-0.1, -0.05) is 29.8 Å². The highest BCUT2D eigenvalue weighted by Crippen LogP contribution is 2.23. The summed E-state index contributed by atoms with van der Waals surface area (Å²) in [4.78, 5) is 2.50. The fourth-order valence-electron chi connectivity index (χ4n) is 2.45. The number of nitrogens with zero attached hydrogens (tertiary/aromatic N) is 1. The summed E-state index contributed by atoms with van der Waals surface area (Å²) >= 11 is 0. The van der Waals surface area contributed by atoms with Crippen molar-refractivity contribution in [3.05, 3.63) is 35.4 Å². The molecule has 2 nitrogen and oxygen atoms in total. The second-order valence-corrected chi connectivity index (χ2v) is 4.98. The van der Waals surface area contributed by atoms with E-state index in [2.05, 4.69) is 43.0 Å². The highest BCUT2D eigenvalue weighted by Gasteiger charge is 2.21. The molecule has 1 heterocycles. The van der Waals surface area contributed by atoms with Crippen LogP contribution in [0.1, 0.15) is 36.9 Å². The SMILES string of the molecule is Cc1ccc(C(C)N2CCCC(N)C2)cc1. The maximum absolute atomic E-state index is 6.02. The number of hydrogen-bond donors (Lipinski definition) is 1. The van der Waals surface area contributed by atoms with Crippen LogP contribution in [0.2, 0.25) is 0 Å². The molecule has 1 aliphatic rings. The minimum Gasteiger partial charge on any atom is -0.327 e. The summed E-state index contributed by atoms with van der Waals surface area (Å²) in [7, 11) is 0. The van der Waals surface area contributed by atoms with Crippen LogP contribution in [0.4, 0.5) is 0 Å². The molecule has 0 aromatic heterocycles. The molecule has 0 amide bonds. The number of likely N-dealkylation sites (tertiary alicyclic amines) is 1. The van der Waals surface area contributed by atoms with Crippen LogP contribution in [0.3, 0.4) is 0 Å². The molecular formula is C14H22N2. The van der Waals surface area contributed by atoms with Gasteiger partial charge in [-0.25, -0.2) is 0 Å². The van der Waals surface area contributed by atoms with Crippen molar-refractivity contribution in [2.24, 2.45) is 5.73 Å². The first-order valence-corrected chi connectivity index (χ1v) is 6.23. The molecule has 2 N–H and O–H groups in total. The van der Waals surface area contributed by atoms with E-state index in [0.29, 0.717) is 12.1 Å². The van der Waals surface area contributed by atoms with Crippen molar-refractivity contribution in [2.75, 3.05) is 13.1 Å². The van der Waals surface area contributed by atoms with Crippen LogP contribution in [0.5, 0.6) is 0 Å². The molecule has 88 valence electrons. The Morgan fingerprint density at radius 1 is 1.31 bits per heavy atom. The van der Waals surface area contributed by atoms with Gasteiger partial charge in [0.2, 0.25) is 0 Å². The molecule has 0 bridgehead atoms. The number of aryl methyl sites for hydroxylation is 1. The van der Waals surface area contributed by atoms with Crippen molar-refractivity contribution in [3.8, 4) is 0 Å². The first kappa shape index (κ1) is 11.6. The molecule has 2 rings (SSSR count). The minimum absolute atomic E-state index is 0.363. The van der Waals surface area contributed by atoms with Crippen molar-refractivity contribution >= 4 is 0 Å². The van der Waals surface area contributed by atoms with E-state index in [0.717, 1.165) is 6.54 Å². The highest BCUT2D eigenvalue weighted by atomic mass is 15.2. The largest absolute Gasteiger partial charge is 0.327 e. The number of nitrogens with two attached hydrogens (primary N) is 1. The van der Waals surface area contributed by atoms with E-state index < -0.39 is 0 Å². The molecular weight excluding hydrogens is 196 g/mol. The van der Waals surface area contributed by atoms with Gasteiger partial charge >= 0.3 is 0 Å². The van der Waals surface area contributed by atoms with Gasteiger partial charge in [0.25, 0.3) is 0 Å². The zero-order valence-corrected chi connectivity index (χ0v) is 10.3. The molecule has 0 spiro atoms. The van der Waals surface area contributed by atoms with E-state index in [4.69, 9.17) is 5.73 Å². The summed E-state index contributed by atoms with van der Waals surface area (Å²) in [5.41, 5.74) is 8.75. The van der Waals surface area contributed by atoms with Gasteiger partial charge in [-0.15, -0.1) is 0 Å². The average Bonchev–Trinajstić information content (AvgIpc) is 2.29. The predicted octanol–water partition coefficient (Wildman–Crippen LogP) is 2.48. The molecule has 1 saturated heterocycles. The Kier molecular flexibility index (Phi) is 3.62. The van der Waals surface area contributed by atoms with Crippen molar-refractivity contribution < 1.29 is 0 Å². The third kappa shape index (κ3) is 2.63. The molecule has 0 aliphatic carbocycles. The first-order valence-electron chi connectivity index (χ1n) is 6.23. The monoisotopic (exact) mass is 218 g/mol. The summed E-state index contributed by atoms with van der Waals surface area (Å²) < 4.78 is 0. The van der Waals surface area contributed by atoms with Crippen LogP contribution in [0.15, 0.2) is 24.3 Å². The zero-order valence-electron chi connectivity index (χ0n) is 10.3. The Balaban J connectivity index is 2.06. The summed E-state index contributed by atoms with van der Waals surface area (Å²) in [5, 5.41) is 0. The van der Waals surface area contributed by atoms with Gasteiger partial charge in [0.05, 0.1) is 0 Å². The molecule has 1 fully saturated rings. The lowest BCUT2D eigenvalue weighted by Gasteiger charge is -2.35. The highest BCUT2D eigenvalue weighted by molar-refractivity contribution is 5.23. The quantitative estimate of drug-likeness (QED) is 0.826. The smallest absolute Gasteiger partial charge is 0.0320 e. The molecule has 1 aliphatic heterocycles. The van der Waals surface area contributed by atoms with Crippen molar-refractivity contribution in [2.45, 2.75) is 38.8 Å². The van der Waals surface area contributed by atoms with Crippen LogP contribution < -0.4 is 5.73 Å². The first-order chi connectivity index (χ1) is 7.66. The van der Waals surface area contributed by atoms with E-state index in [1.807, 2.05) is 0 Å². The second kappa shape index (κ2) is 4.98. The topological polar surface area (TPSA) is 29.3 Å². The van der Waals surface area contributed by atoms with Crippen molar-refractivity contribution in [3.63, 3.8) is 0 Å². The predicted molar refractivity (Wildman–Crippen MR) is 68.4 cm³/mol. The normalized spacial score (nSPS) is 24.3. The molecule has 0 radical (unpaired) electrons. The van der Waals surface area contributed by atoms with Crippen LogP contribution >= 0.6 is 0 Å². The van der Waals surface area contributed by atoms with Crippen molar-refractivity contribution in [1.29, 1.82) is 0 Å². The third-order valence-corrected chi connectivity index (χ3v) is 3.60. The number of rotatable bonds is 2. The Labute approximate surface area is 98.4 Å². The van der Waals surface area contributed by atoms with Gasteiger partial charge in [0.1, 0.15) is 0 Å². The summed E-state index contributed by atoms with van der Waals surface area (Å²) in [6.07, 6.45) is 2.41. The minimum atomic E-state index is 0.363. The second-order valence-electron chi connectivity index (χ2n) is 4.98. The number of hydrogen-bond acceptors (Lipinski definition) is 2. The maximum Gasteiger partial charge on any atom is 0.0320 e. The van der Waals surface area contributed by atoms with E-state index >= 15 is 0 Å². The summed E-state index contributed by atoms with van der Waals surface area (Å²) in [5.74, 6) is 0. The van der Waals surface area contributed by atoms with E-state index in [9.17, 15) is 0 Å². The summed E-state index contributed by atoms with van der Waals surface area (Å²) in [6.45, 7) is 6.63. The molecule has 2 atom stereocenters. The molecule has 2 heteroatoms. The van der Waals surface area contributed by atoms with Gasteiger partial charge < -0.3 is 5.73 Å². The Morgan fingerprint density at radius 2 is 2.00 bits per heavy atom. The van der Waals surface area contributed by atoms with Gasteiger partial charge in [-0.2, -0.15) is 0 Å². The fourth-order valence-corrected chi connectivity index (χ4v) is 2.45. The van der Waals surface area contributed by atoms with Gasteiger partial charge in [0, 0.05) is 18.6 Å². The molecule has 2 unspecified atom stereocenters. The van der Waals surface area contributed by atoms with Gasteiger partial charge in [-0.05, 0) is 38.8 Å². The van der Waals surface area contributed by atoms with Crippen LogP contribution in [-0.4, -0.2) is 24.0 Å². The number of benzene rings is 1. The molecule has 16 heavy (non-hydrogen) atoms. The fraction of sp³-hybridized carbons (Fsp3) is 0.571. The van der Waals surface area contributed by atoms with E-state index in [1.54, 1.807) is 0 Å². The van der Waals surface area contributed by atoms with Gasteiger partial charge in [-0.3, -0.25) is 4.90 Å². The van der Waals surface area contributed by atoms with Crippen LogP contribution in [-0.2, 0) is 0 Å². The zero-order chi connectivity index (χ0) is 11.5. The van der Waals surface area contributed by atoms with Gasteiger partial charge in [0.15, 0.2) is 0 Å². The molecule has 1 aromatic carbocycles. The molecule has 0 saturated carbocycles. The third-order valence-electron chi connectivity index (χ3n) is 3.60. The Hall–Kier alpha value is -0.860. The maximum atomic E-state index is 6.02. The number of piperidine rings is 1. The Morgan fingerprint density at radius 3 is 2.62 bits per heavy atom. The van der Waals surface area contributed by atoms with Crippen molar-refractivity contribution in [1.82, 2.24) is 4.90 Å². The van der Waals surface area contributed by atoms with E-state index in [1.165, 1.54) is 30.5 Å². The Bertz CT molecular complexity index is 331. The molecule has 1 aromatic rings. The lowest BCUT2D eigenvalue weighted by atomic mass is 10.0. The van der Waals surface area contributed by atoms with Crippen LogP contribution in [0, 0.1) is 6.92 Å². The lowest BCUT2D eigenvalue weighted by Crippen LogP contribution is -2.43. The average molecular weight is 218 g/mol. The summed E-state index contributed by atoms with van der Waals surface area (Å²) in [6, 6.07) is 9.71. The van der Waals surface area contributed by atoms with E-state index in [-0.39, 0.29) is 0 Å².